The van der Waals surface area contributed by atoms with E-state index in [2.05, 4.69) is 15.7 Å². The van der Waals surface area contributed by atoms with Crippen molar-refractivity contribution in [1.29, 1.82) is 0 Å². The molecule has 1 aromatic carbocycles. The van der Waals surface area contributed by atoms with Gasteiger partial charge in [0.2, 0.25) is 11.8 Å². The highest BCUT2D eigenvalue weighted by atomic mass is 16.2. The predicted molar refractivity (Wildman–Crippen MR) is 99.9 cm³/mol. The fourth-order valence-electron chi connectivity index (χ4n) is 3.56. The van der Waals surface area contributed by atoms with Crippen LogP contribution in [-0.2, 0) is 16.0 Å². The van der Waals surface area contributed by atoms with E-state index in [1.165, 1.54) is 0 Å². The van der Waals surface area contributed by atoms with Crippen LogP contribution in [0.2, 0.25) is 0 Å². The van der Waals surface area contributed by atoms with Crippen LogP contribution < -0.4 is 10.6 Å². The molecule has 1 heterocycles. The van der Waals surface area contributed by atoms with Crippen LogP contribution in [0.15, 0.2) is 42.7 Å². The average molecular weight is 354 g/mol. The quantitative estimate of drug-likeness (QED) is 0.836. The molecule has 6 heteroatoms. The molecule has 0 saturated heterocycles. The Morgan fingerprint density at radius 1 is 1.15 bits per heavy atom. The van der Waals surface area contributed by atoms with Gasteiger partial charge >= 0.3 is 0 Å². The van der Waals surface area contributed by atoms with Crippen molar-refractivity contribution in [3.8, 4) is 5.69 Å². The summed E-state index contributed by atoms with van der Waals surface area (Å²) in [6.07, 6.45) is 8.21. The lowest BCUT2D eigenvalue weighted by Crippen LogP contribution is -2.60. The third-order valence-corrected chi connectivity index (χ3v) is 4.88. The number of rotatable bonds is 6. The van der Waals surface area contributed by atoms with E-state index >= 15 is 0 Å². The number of hydrogen-bond donors (Lipinski definition) is 2. The second-order valence-electron chi connectivity index (χ2n) is 6.86. The van der Waals surface area contributed by atoms with Gasteiger partial charge in [0.05, 0.1) is 18.3 Å². The van der Waals surface area contributed by atoms with E-state index in [1.807, 2.05) is 43.5 Å². The zero-order valence-electron chi connectivity index (χ0n) is 15.2. The van der Waals surface area contributed by atoms with Gasteiger partial charge in [0.1, 0.15) is 5.54 Å². The lowest BCUT2D eigenvalue weighted by molar-refractivity contribution is -0.134. The van der Waals surface area contributed by atoms with Gasteiger partial charge in [-0.25, -0.2) is 4.68 Å². The molecule has 3 rings (SSSR count). The second kappa shape index (κ2) is 8.17. The van der Waals surface area contributed by atoms with Gasteiger partial charge in [-0.3, -0.25) is 9.59 Å². The maximum absolute atomic E-state index is 12.6. The number of para-hydroxylation sites is 1. The number of likely N-dealkylation sites (N-methyl/N-ethyl adjacent to an activating group) is 1. The van der Waals surface area contributed by atoms with Crippen LogP contribution >= 0.6 is 0 Å². The van der Waals surface area contributed by atoms with Crippen molar-refractivity contribution in [2.24, 2.45) is 0 Å². The molecule has 6 nitrogen and oxygen atoms in total. The summed E-state index contributed by atoms with van der Waals surface area (Å²) in [6, 6.07) is 9.77. The van der Waals surface area contributed by atoms with Crippen LogP contribution in [0.4, 0.5) is 0 Å². The maximum atomic E-state index is 12.6. The minimum absolute atomic E-state index is 0.0620. The van der Waals surface area contributed by atoms with Gasteiger partial charge < -0.3 is 10.6 Å². The summed E-state index contributed by atoms with van der Waals surface area (Å²) < 4.78 is 1.75. The topological polar surface area (TPSA) is 76.0 Å². The van der Waals surface area contributed by atoms with E-state index < -0.39 is 5.54 Å². The Labute approximate surface area is 154 Å². The number of amides is 2. The molecule has 1 aliphatic rings. The molecule has 26 heavy (non-hydrogen) atoms. The number of aromatic nitrogens is 2. The molecule has 0 bridgehead atoms. The molecular weight excluding hydrogens is 328 g/mol. The Bertz CT molecular complexity index is 748. The minimum Gasteiger partial charge on any atom is -0.354 e. The molecular formula is C20H26N4O2. The Morgan fingerprint density at radius 2 is 1.88 bits per heavy atom. The van der Waals surface area contributed by atoms with Gasteiger partial charge in [0.15, 0.2) is 0 Å². The summed E-state index contributed by atoms with van der Waals surface area (Å²) in [4.78, 5) is 25.2. The minimum atomic E-state index is -0.763. The molecule has 0 unspecified atom stereocenters. The van der Waals surface area contributed by atoms with Crippen molar-refractivity contribution in [1.82, 2.24) is 20.4 Å². The second-order valence-corrected chi connectivity index (χ2v) is 6.86. The molecule has 1 fully saturated rings. The van der Waals surface area contributed by atoms with Gasteiger partial charge in [0.25, 0.3) is 0 Å². The summed E-state index contributed by atoms with van der Waals surface area (Å²) in [7, 11) is 0. The SMILES string of the molecule is CCNC(=O)C1(NC(=O)Cc2cnn(-c3ccccc3)c2)CCCCC1. The Balaban J connectivity index is 1.67. The van der Waals surface area contributed by atoms with E-state index in [9.17, 15) is 9.59 Å². The summed E-state index contributed by atoms with van der Waals surface area (Å²) >= 11 is 0. The van der Waals surface area contributed by atoms with Gasteiger partial charge in [-0.15, -0.1) is 0 Å². The van der Waals surface area contributed by atoms with Gasteiger partial charge in [-0.05, 0) is 37.5 Å². The lowest BCUT2D eigenvalue weighted by Gasteiger charge is -2.36. The molecule has 0 radical (unpaired) electrons. The summed E-state index contributed by atoms with van der Waals surface area (Å²) in [5.41, 5.74) is 1.01. The van der Waals surface area contributed by atoms with Gasteiger partial charge in [-0.1, -0.05) is 37.5 Å². The zero-order chi connectivity index (χ0) is 18.4. The first-order chi connectivity index (χ1) is 12.6. The molecule has 0 aliphatic heterocycles. The third-order valence-electron chi connectivity index (χ3n) is 4.88. The first kappa shape index (κ1) is 18.2. The maximum Gasteiger partial charge on any atom is 0.245 e. The predicted octanol–water partition coefficient (Wildman–Crippen LogP) is 2.37. The van der Waals surface area contributed by atoms with Crippen LogP contribution in [0, 0.1) is 0 Å². The van der Waals surface area contributed by atoms with E-state index in [-0.39, 0.29) is 18.2 Å². The fourth-order valence-corrected chi connectivity index (χ4v) is 3.56. The molecule has 2 amide bonds. The molecule has 2 aromatic rings. The Morgan fingerprint density at radius 3 is 2.58 bits per heavy atom. The van der Waals surface area contributed by atoms with Crippen molar-refractivity contribution >= 4 is 11.8 Å². The number of benzene rings is 1. The van der Waals surface area contributed by atoms with E-state index in [1.54, 1.807) is 10.9 Å². The van der Waals surface area contributed by atoms with Crippen molar-refractivity contribution < 1.29 is 9.59 Å². The molecule has 138 valence electrons. The standard InChI is InChI=1S/C20H26N4O2/c1-2-21-19(26)20(11-7-4-8-12-20)23-18(25)13-16-14-22-24(15-16)17-9-5-3-6-10-17/h3,5-6,9-10,14-15H,2,4,7-8,11-13H2,1H3,(H,21,26)(H,23,25). The number of carbonyl (C=O) groups is 2. The van der Waals surface area contributed by atoms with Crippen molar-refractivity contribution in [3.05, 3.63) is 48.3 Å². The van der Waals surface area contributed by atoms with E-state index in [4.69, 9.17) is 0 Å². The van der Waals surface area contributed by atoms with E-state index in [0.29, 0.717) is 19.4 Å². The van der Waals surface area contributed by atoms with Crippen LogP contribution in [-0.4, -0.2) is 33.7 Å². The number of nitrogens with one attached hydrogen (secondary N) is 2. The largest absolute Gasteiger partial charge is 0.354 e. The first-order valence-corrected chi connectivity index (χ1v) is 9.31. The highest BCUT2D eigenvalue weighted by molar-refractivity contribution is 5.92. The van der Waals surface area contributed by atoms with Crippen LogP contribution in [0.3, 0.4) is 0 Å². The highest BCUT2D eigenvalue weighted by Gasteiger charge is 2.40. The van der Waals surface area contributed by atoms with E-state index in [0.717, 1.165) is 30.5 Å². The monoisotopic (exact) mass is 354 g/mol. The molecule has 2 N–H and O–H groups in total. The smallest absolute Gasteiger partial charge is 0.245 e. The number of hydrogen-bond acceptors (Lipinski definition) is 3. The first-order valence-electron chi connectivity index (χ1n) is 9.31. The van der Waals surface area contributed by atoms with Crippen molar-refractivity contribution in [2.75, 3.05) is 6.54 Å². The molecule has 1 aromatic heterocycles. The van der Waals surface area contributed by atoms with Crippen LogP contribution in [0.1, 0.15) is 44.6 Å². The Kier molecular flexibility index (Phi) is 5.71. The summed E-state index contributed by atoms with van der Waals surface area (Å²) in [5.74, 6) is -0.196. The Hall–Kier alpha value is -2.63. The summed E-state index contributed by atoms with van der Waals surface area (Å²) in [6.45, 7) is 2.47. The van der Waals surface area contributed by atoms with Crippen molar-refractivity contribution in [3.63, 3.8) is 0 Å². The number of nitrogens with zero attached hydrogens (tertiary/aromatic N) is 2. The fraction of sp³-hybridized carbons (Fsp3) is 0.450. The normalized spacial score (nSPS) is 16.0. The van der Waals surface area contributed by atoms with Gasteiger partial charge in [-0.2, -0.15) is 5.10 Å². The average Bonchev–Trinajstić information content (AvgIpc) is 3.11. The lowest BCUT2D eigenvalue weighted by atomic mass is 9.80. The molecule has 1 aliphatic carbocycles. The number of carbonyl (C=O) groups excluding carboxylic acids is 2. The zero-order valence-corrected chi connectivity index (χ0v) is 15.2. The van der Waals surface area contributed by atoms with Crippen LogP contribution in [0.5, 0.6) is 0 Å². The van der Waals surface area contributed by atoms with Crippen molar-refractivity contribution in [2.45, 2.75) is 51.0 Å². The molecule has 0 atom stereocenters. The highest BCUT2D eigenvalue weighted by Crippen LogP contribution is 2.28. The van der Waals surface area contributed by atoms with Gasteiger partial charge in [0, 0.05) is 12.7 Å². The molecule has 1 saturated carbocycles. The van der Waals surface area contributed by atoms with Crippen LogP contribution in [0.25, 0.3) is 5.69 Å². The third kappa shape index (κ3) is 4.12. The molecule has 0 spiro atoms. The summed E-state index contributed by atoms with van der Waals surface area (Å²) in [5, 5.41) is 10.2.